The first kappa shape index (κ1) is 19.4. The molecule has 144 valence electrons. The molecule has 0 bridgehead atoms. The van der Waals surface area contributed by atoms with Crippen molar-refractivity contribution in [3.63, 3.8) is 0 Å². The lowest BCUT2D eigenvalue weighted by atomic mass is 10.0. The van der Waals surface area contributed by atoms with Crippen LogP contribution in [0.15, 0.2) is 48.5 Å². The van der Waals surface area contributed by atoms with Crippen LogP contribution < -0.4 is 10.1 Å². The summed E-state index contributed by atoms with van der Waals surface area (Å²) in [5, 5.41) is 3.00. The van der Waals surface area contributed by atoms with Crippen molar-refractivity contribution >= 4 is 5.91 Å². The van der Waals surface area contributed by atoms with Gasteiger partial charge in [0.25, 0.3) is 5.91 Å². The smallest absolute Gasteiger partial charge is 0.251 e. The Balaban J connectivity index is 1.56. The van der Waals surface area contributed by atoms with Gasteiger partial charge in [0, 0.05) is 24.2 Å². The van der Waals surface area contributed by atoms with E-state index >= 15 is 0 Å². The number of methoxy groups -OCH3 is 1. The first-order valence-corrected chi connectivity index (χ1v) is 9.48. The lowest BCUT2D eigenvalue weighted by molar-refractivity contribution is 0.0930. The average Bonchev–Trinajstić information content (AvgIpc) is 3.08. The number of ether oxygens (including phenoxy) is 1. The van der Waals surface area contributed by atoms with E-state index in [1.54, 1.807) is 19.2 Å². The summed E-state index contributed by atoms with van der Waals surface area (Å²) in [7, 11) is 1.68. The van der Waals surface area contributed by atoms with Crippen molar-refractivity contribution in [3.05, 3.63) is 65.5 Å². The first-order chi connectivity index (χ1) is 13.0. The van der Waals surface area contributed by atoms with Crippen LogP contribution in [0.2, 0.25) is 0 Å². The number of hydrogen-bond acceptors (Lipinski definition) is 3. The Labute approximate surface area is 160 Å². The zero-order chi connectivity index (χ0) is 19.2. The van der Waals surface area contributed by atoms with Crippen LogP contribution in [-0.2, 0) is 6.54 Å². The van der Waals surface area contributed by atoms with Crippen LogP contribution in [0.5, 0.6) is 5.75 Å². The topological polar surface area (TPSA) is 41.6 Å². The molecule has 0 radical (unpaired) electrons. The first-order valence-electron chi connectivity index (χ1n) is 9.48. The van der Waals surface area contributed by atoms with Gasteiger partial charge in [-0.1, -0.05) is 18.2 Å². The lowest BCUT2D eigenvalue weighted by Gasteiger charge is -2.27. The highest BCUT2D eigenvalue weighted by Crippen LogP contribution is 2.25. The van der Waals surface area contributed by atoms with Crippen LogP contribution >= 0.6 is 0 Å². The molecule has 1 N–H and O–H groups in total. The number of carbonyl (C=O) groups excluding carboxylic acids is 1. The highest BCUT2D eigenvalue weighted by molar-refractivity contribution is 5.94. The van der Waals surface area contributed by atoms with E-state index in [1.807, 2.05) is 19.1 Å². The molecule has 3 rings (SSSR count). The second-order valence-corrected chi connectivity index (χ2v) is 7.24. The van der Waals surface area contributed by atoms with E-state index < -0.39 is 5.82 Å². The van der Waals surface area contributed by atoms with Crippen LogP contribution in [0, 0.1) is 5.82 Å². The summed E-state index contributed by atoms with van der Waals surface area (Å²) in [4.78, 5) is 14.8. The normalized spacial score (nSPS) is 18.3. The third-order valence-electron chi connectivity index (χ3n) is 5.11. The summed E-state index contributed by atoms with van der Waals surface area (Å²) < 4.78 is 18.6. The summed E-state index contributed by atoms with van der Waals surface area (Å²) in [5.74, 6) is 0.258. The van der Waals surface area contributed by atoms with E-state index in [0.29, 0.717) is 11.6 Å². The van der Waals surface area contributed by atoms with Crippen molar-refractivity contribution in [2.45, 2.75) is 44.8 Å². The Morgan fingerprint density at radius 1 is 1.30 bits per heavy atom. The van der Waals surface area contributed by atoms with Gasteiger partial charge in [-0.25, -0.2) is 4.39 Å². The second-order valence-electron chi connectivity index (χ2n) is 7.24. The van der Waals surface area contributed by atoms with Gasteiger partial charge in [0.1, 0.15) is 11.6 Å². The van der Waals surface area contributed by atoms with E-state index in [-0.39, 0.29) is 11.9 Å². The Morgan fingerprint density at radius 2 is 2.11 bits per heavy atom. The average molecular weight is 370 g/mol. The molecule has 0 aliphatic carbocycles. The summed E-state index contributed by atoms with van der Waals surface area (Å²) in [6.45, 7) is 3.96. The van der Waals surface area contributed by atoms with Gasteiger partial charge < -0.3 is 10.1 Å². The number of hydrogen-bond donors (Lipinski definition) is 1. The van der Waals surface area contributed by atoms with Gasteiger partial charge in [-0.3, -0.25) is 9.69 Å². The highest BCUT2D eigenvalue weighted by atomic mass is 19.1. The number of nitrogens with one attached hydrogen (secondary N) is 1. The molecule has 27 heavy (non-hydrogen) atoms. The number of rotatable bonds is 7. The molecule has 0 saturated carbocycles. The number of carbonyl (C=O) groups is 1. The zero-order valence-corrected chi connectivity index (χ0v) is 16.0. The van der Waals surface area contributed by atoms with Crippen molar-refractivity contribution in [3.8, 4) is 5.75 Å². The molecule has 1 saturated heterocycles. The Kier molecular flexibility index (Phi) is 6.45. The molecule has 1 amide bonds. The molecule has 2 atom stereocenters. The third-order valence-corrected chi connectivity index (χ3v) is 5.11. The summed E-state index contributed by atoms with van der Waals surface area (Å²) in [6, 6.07) is 14.4. The second kappa shape index (κ2) is 9.00. The van der Waals surface area contributed by atoms with Crippen molar-refractivity contribution in [2.75, 3.05) is 13.7 Å². The highest BCUT2D eigenvalue weighted by Gasteiger charge is 2.26. The summed E-state index contributed by atoms with van der Waals surface area (Å²) >= 11 is 0. The largest absolute Gasteiger partial charge is 0.497 e. The van der Waals surface area contributed by atoms with Crippen LogP contribution in [0.4, 0.5) is 4.39 Å². The van der Waals surface area contributed by atoms with Gasteiger partial charge in [0.2, 0.25) is 0 Å². The van der Waals surface area contributed by atoms with Crippen LogP contribution in [-0.4, -0.2) is 36.5 Å². The maximum Gasteiger partial charge on any atom is 0.251 e. The standard InChI is InChI=1S/C22H27FN2O2/c1-16(24-22(26)18-7-4-8-19(23)14-18)12-20-9-5-11-25(20)15-17-6-3-10-21(13-17)27-2/h3-4,6-8,10,13-14,16,20H,5,9,11-12,15H2,1-2H3,(H,24,26). The predicted molar refractivity (Wildman–Crippen MR) is 104 cm³/mol. The lowest BCUT2D eigenvalue weighted by Crippen LogP contribution is -2.39. The van der Waals surface area contributed by atoms with Crippen molar-refractivity contribution < 1.29 is 13.9 Å². The third kappa shape index (κ3) is 5.30. The quantitative estimate of drug-likeness (QED) is 0.801. The zero-order valence-electron chi connectivity index (χ0n) is 16.0. The van der Waals surface area contributed by atoms with E-state index in [0.717, 1.165) is 31.7 Å². The molecule has 1 aliphatic heterocycles. The van der Waals surface area contributed by atoms with Gasteiger partial charge in [-0.05, 0) is 68.6 Å². The molecule has 1 heterocycles. The van der Waals surface area contributed by atoms with Crippen LogP contribution in [0.3, 0.4) is 0 Å². The number of halogens is 1. The number of likely N-dealkylation sites (tertiary alicyclic amines) is 1. The molecule has 0 aromatic heterocycles. The Bertz CT molecular complexity index is 780. The number of nitrogens with zero attached hydrogens (tertiary/aromatic N) is 1. The molecule has 2 aromatic rings. The molecule has 4 nitrogen and oxygen atoms in total. The van der Waals surface area contributed by atoms with Gasteiger partial charge in [0.15, 0.2) is 0 Å². The fraction of sp³-hybridized carbons (Fsp3) is 0.409. The molecular formula is C22H27FN2O2. The summed E-state index contributed by atoms with van der Waals surface area (Å²) in [5.41, 5.74) is 1.60. The Morgan fingerprint density at radius 3 is 2.89 bits per heavy atom. The fourth-order valence-electron chi connectivity index (χ4n) is 3.78. The maximum atomic E-state index is 13.3. The predicted octanol–water partition coefficient (Wildman–Crippen LogP) is 4.01. The molecule has 0 spiro atoms. The number of amides is 1. The minimum Gasteiger partial charge on any atom is -0.497 e. The van der Waals surface area contributed by atoms with E-state index in [1.165, 1.54) is 24.1 Å². The molecular weight excluding hydrogens is 343 g/mol. The van der Waals surface area contributed by atoms with Crippen molar-refractivity contribution in [1.82, 2.24) is 10.2 Å². The van der Waals surface area contributed by atoms with Gasteiger partial charge in [0.05, 0.1) is 7.11 Å². The minimum absolute atomic E-state index is 0.0247. The van der Waals surface area contributed by atoms with Crippen molar-refractivity contribution in [2.24, 2.45) is 0 Å². The Hall–Kier alpha value is -2.40. The van der Waals surface area contributed by atoms with Crippen LogP contribution in [0.1, 0.15) is 42.1 Å². The summed E-state index contributed by atoms with van der Waals surface area (Å²) in [6.07, 6.45) is 3.17. The monoisotopic (exact) mass is 370 g/mol. The molecule has 2 aromatic carbocycles. The van der Waals surface area contributed by atoms with Crippen LogP contribution in [0.25, 0.3) is 0 Å². The molecule has 1 fully saturated rings. The number of benzene rings is 2. The SMILES string of the molecule is COc1cccc(CN2CCCC2CC(C)NC(=O)c2cccc(F)c2)c1. The van der Waals surface area contributed by atoms with Gasteiger partial charge in [-0.2, -0.15) is 0 Å². The minimum atomic E-state index is -0.393. The molecule has 2 unspecified atom stereocenters. The van der Waals surface area contributed by atoms with E-state index in [9.17, 15) is 9.18 Å². The van der Waals surface area contributed by atoms with E-state index in [4.69, 9.17) is 4.74 Å². The van der Waals surface area contributed by atoms with Gasteiger partial charge >= 0.3 is 0 Å². The molecule has 1 aliphatic rings. The molecule has 5 heteroatoms. The van der Waals surface area contributed by atoms with Gasteiger partial charge in [-0.15, -0.1) is 0 Å². The van der Waals surface area contributed by atoms with Crippen molar-refractivity contribution in [1.29, 1.82) is 0 Å². The van der Waals surface area contributed by atoms with E-state index in [2.05, 4.69) is 22.3 Å². The maximum absolute atomic E-state index is 13.3. The fourth-order valence-corrected chi connectivity index (χ4v) is 3.78.